The number of amides is 1. The molecule has 1 fully saturated rings. The number of rotatable bonds is 6. The van der Waals surface area contributed by atoms with Crippen LogP contribution in [-0.4, -0.2) is 67.8 Å². The molecule has 1 amide bonds. The van der Waals surface area contributed by atoms with E-state index in [0.717, 1.165) is 18.1 Å². The summed E-state index contributed by atoms with van der Waals surface area (Å²) in [7, 11) is -3.66. The maximum Gasteiger partial charge on any atom is 0.255 e. The van der Waals surface area contributed by atoms with Crippen LogP contribution in [0, 0.1) is 0 Å². The van der Waals surface area contributed by atoms with E-state index in [1.807, 2.05) is 5.38 Å². The van der Waals surface area contributed by atoms with Crippen molar-refractivity contribution in [3.63, 3.8) is 0 Å². The van der Waals surface area contributed by atoms with E-state index < -0.39 is 10.0 Å². The molecule has 1 aromatic carbocycles. The number of hydrogen-bond donors (Lipinski definition) is 0. The lowest BCUT2D eigenvalue weighted by Crippen LogP contribution is -2.35. The Morgan fingerprint density at radius 2 is 1.97 bits per heavy atom. The minimum atomic E-state index is -3.66. The second kappa shape index (κ2) is 9.42. The van der Waals surface area contributed by atoms with Crippen molar-refractivity contribution in [2.75, 3.05) is 44.2 Å². The molecule has 29 heavy (non-hydrogen) atoms. The Balaban J connectivity index is 1.82. The Kier molecular flexibility index (Phi) is 7.15. The van der Waals surface area contributed by atoms with Crippen molar-refractivity contribution in [3.8, 4) is 0 Å². The lowest BCUT2D eigenvalue weighted by Gasteiger charge is -2.23. The van der Waals surface area contributed by atoms with Crippen molar-refractivity contribution in [3.05, 3.63) is 40.4 Å². The number of sulfonamides is 1. The van der Waals surface area contributed by atoms with Gasteiger partial charge in [-0.2, -0.15) is 4.31 Å². The van der Waals surface area contributed by atoms with Crippen LogP contribution in [0.1, 0.15) is 30.6 Å². The van der Waals surface area contributed by atoms with Gasteiger partial charge in [-0.05, 0) is 24.6 Å². The first kappa shape index (κ1) is 22.0. The van der Waals surface area contributed by atoms with E-state index in [1.54, 1.807) is 36.3 Å². The van der Waals surface area contributed by atoms with Crippen molar-refractivity contribution >= 4 is 44.0 Å². The molecule has 0 radical (unpaired) electrons. The van der Waals surface area contributed by atoms with Gasteiger partial charge in [0.15, 0.2) is 5.13 Å². The van der Waals surface area contributed by atoms with Gasteiger partial charge in [0.25, 0.3) is 5.91 Å². The molecule has 0 unspecified atom stereocenters. The van der Waals surface area contributed by atoms with Crippen LogP contribution in [0.15, 0.2) is 34.7 Å². The first-order chi connectivity index (χ1) is 13.9. The molecule has 7 nitrogen and oxygen atoms in total. The molecule has 1 aliphatic heterocycles. The zero-order valence-electron chi connectivity index (χ0n) is 16.5. The predicted molar refractivity (Wildman–Crippen MR) is 116 cm³/mol. The average Bonchev–Trinajstić information content (AvgIpc) is 3.13. The molecular weight excluding hydrogens is 432 g/mol. The van der Waals surface area contributed by atoms with Gasteiger partial charge in [-0.3, -0.25) is 4.79 Å². The Labute approximate surface area is 180 Å². The van der Waals surface area contributed by atoms with Crippen LogP contribution in [0.5, 0.6) is 0 Å². The highest BCUT2D eigenvalue weighted by Crippen LogP contribution is 2.25. The van der Waals surface area contributed by atoms with E-state index in [9.17, 15) is 13.2 Å². The second-order valence-corrected chi connectivity index (χ2v) is 9.90. The number of anilines is 1. The minimum Gasteiger partial charge on any atom is -0.346 e. The quantitative estimate of drug-likeness (QED) is 0.667. The number of benzene rings is 1. The summed E-state index contributed by atoms with van der Waals surface area (Å²) < 4.78 is 27.0. The molecule has 0 atom stereocenters. The molecule has 1 aromatic heterocycles. The highest BCUT2D eigenvalue weighted by Gasteiger charge is 2.27. The van der Waals surface area contributed by atoms with Gasteiger partial charge < -0.3 is 9.80 Å². The molecule has 2 heterocycles. The van der Waals surface area contributed by atoms with Crippen LogP contribution in [0.2, 0.25) is 5.02 Å². The van der Waals surface area contributed by atoms with Crippen LogP contribution in [0.3, 0.4) is 0 Å². The monoisotopic (exact) mass is 456 g/mol. The standard InChI is InChI=1S/C19H25ClN4O3S2/c1-3-24(4-2)29(26,27)15-6-7-17(20)16(14-15)18(25)22-9-5-10-23(12-11-22)19-21-8-13-28-19/h6-8,13-14H,3-5,9-12H2,1-2H3. The largest absolute Gasteiger partial charge is 0.346 e. The van der Waals surface area contributed by atoms with E-state index in [-0.39, 0.29) is 21.4 Å². The number of halogens is 1. The molecular formula is C19H25ClN4O3S2. The molecule has 0 spiro atoms. The third-order valence-corrected chi connectivity index (χ3v) is 8.19. The molecule has 0 aliphatic carbocycles. The molecule has 3 rings (SSSR count). The zero-order valence-corrected chi connectivity index (χ0v) is 18.9. The molecule has 10 heteroatoms. The van der Waals surface area contributed by atoms with E-state index in [1.165, 1.54) is 22.5 Å². The van der Waals surface area contributed by atoms with E-state index in [0.29, 0.717) is 32.7 Å². The fraction of sp³-hybridized carbons (Fsp3) is 0.474. The summed E-state index contributed by atoms with van der Waals surface area (Å²) in [4.78, 5) is 21.5. The number of nitrogens with zero attached hydrogens (tertiary/aromatic N) is 4. The van der Waals surface area contributed by atoms with Crippen molar-refractivity contribution in [1.82, 2.24) is 14.2 Å². The summed E-state index contributed by atoms with van der Waals surface area (Å²) in [5.41, 5.74) is 0.225. The molecule has 2 aromatic rings. The lowest BCUT2D eigenvalue weighted by molar-refractivity contribution is 0.0767. The van der Waals surface area contributed by atoms with Gasteiger partial charge in [-0.1, -0.05) is 25.4 Å². The van der Waals surface area contributed by atoms with Crippen molar-refractivity contribution in [2.24, 2.45) is 0 Å². The summed E-state index contributed by atoms with van der Waals surface area (Å²) in [6.45, 7) is 6.91. The van der Waals surface area contributed by atoms with Gasteiger partial charge in [0, 0.05) is 50.8 Å². The molecule has 1 saturated heterocycles. The highest BCUT2D eigenvalue weighted by atomic mass is 35.5. The fourth-order valence-electron chi connectivity index (χ4n) is 3.40. The highest BCUT2D eigenvalue weighted by molar-refractivity contribution is 7.89. The second-order valence-electron chi connectivity index (χ2n) is 6.68. The molecule has 0 bridgehead atoms. The lowest BCUT2D eigenvalue weighted by atomic mass is 10.2. The molecule has 0 N–H and O–H groups in total. The molecule has 1 aliphatic rings. The first-order valence-electron chi connectivity index (χ1n) is 9.61. The topological polar surface area (TPSA) is 73.8 Å². The van der Waals surface area contributed by atoms with Gasteiger partial charge in [0.05, 0.1) is 15.5 Å². The van der Waals surface area contributed by atoms with Crippen LogP contribution in [-0.2, 0) is 10.0 Å². The van der Waals surface area contributed by atoms with E-state index in [4.69, 9.17) is 11.6 Å². The Morgan fingerprint density at radius 1 is 1.21 bits per heavy atom. The van der Waals surface area contributed by atoms with E-state index >= 15 is 0 Å². The summed E-state index contributed by atoms with van der Waals surface area (Å²) in [6.07, 6.45) is 2.58. The van der Waals surface area contributed by atoms with Crippen molar-refractivity contribution in [1.29, 1.82) is 0 Å². The zero-order chi connectivity index (χ0) is 21.0. The van der Waals surface area contributed by atoms with Gasteiger partial charge in [-0.15, -0.1) is 11.3 Å². The third-order valence-electron chi connectivity index (χ3n) is 4.98. The number of thiazole rings is 1. The van der Waals surface area contributed by atoms with Gasteiger partial charge in [0.1, 0.15) is 0 Å². The average molecular weight is 457 g/mol. The fourth-order valence-corrected chi connectivity index (χ4v) is 5.78. The van der Waals surface area contributed by atoms with Crippen LogP contribution in [0.25, 0.3) is 0 Å². The van der Waals surface area contributed by atoms with Crippen LogP contribution < -0.4 is 4.90 Å². The number of aromatic nitrogens is 1. The molecule has 158 valence electrons. The Morgan fingerprint density at radius 3 is 2.62 bits per heavy atom. The van der Waals surface area contributed by atoms with Crippen molar-refractivity contribution < 1.29 is 13.2 Å². The molecule has 0 saturated carbocycles. The predicted octanol–water partition coefficient (Wildman–Crippen LogP) is 3.18. The first-order valence-corrected chi connectivity index (χ1v) is 12.3. The number of hydrogen-bond acceptors (Lipinski definition) is 6. The maximum absolute atomic E-state index is 13.2. The SMILES string of the molecule is CCN(CC)S(=O)(=O)c1ccc(Cl)c(C(=O)N2CCCN(c3nccs3)CC2)c1. The summed E-state index contributed by atoms with van der Waals surface area (Å²) in [6, 6.07) is 4.35. The number of carbonyl (C=O) groups excluding carboxylic acids is 1. The van der Waals surface area contributed by atoms with E-state index in [2.05, 4.69) is 9.88 Å². The number of carbonyl (C=O) groups is 1. The Hall–Kier alpha value is -1.68. The van der Waals surface area contributed by atoms with Crippen LogP contribution >= 0.6 is 22.9 Å². The Bertz CT molecular complexity index is 946. The summed E-state index contributed by atoms with van der Waals surface area (Å²) in [5, 5.41) is 3.14. The van der Waals surface area contributed by atoms with Gasteiger partial charge >= 0.3 is 0 Å². The summed E-state index contributed by atoms with van der Waals surface area (Å²) in [5.74, 6) is -0.243. The van der Waals surface area contributed by atoms with Gasteiger partial charge in [-0.25, -0.2) is 13.4 Å². The van der Waals surface area contributed by atoms with Gasteiger partial charge in [0.2, 0.25) is 10.0 Å². The normalized spacial score (nSPS) is 15.6. The van der Waals surface area contributed by atoms with Crippen LogP contribution in [0.4, 0.5) is 5.13 Å². The maximum atomic E-state index is 13.2. The summed E-state index contributed by atoms with van der Waals surface area (Å²) >= 11 is 7.86. The smallest absolute Gasteiger partial charge is 0.255 e. The van der Waals surface area contributed by atoms with Crippen molar-refractivity contribution in [2.45, 2.75) is 25.2 Å². The third kappa shape index (κ3) is 4.74. The minimum absolute atomic E-state index is 0.0909.